The van der Waals surface area contributed by atoms with Gasteiger partial charge in [0.1, 0.15) is 6.04 Å². The van der Waals surface area contributed by atoms with Gasteiger partial charge in [-0.25, -0.2) is 0 Å². The highest BCUT2D eigenvalue weighted by molar-refractivity contribution is 5.82. The van der Waals surface area contributed by atoms with E-state index in [1.54, 1.807) is 0 Å². The van der Waals surface area contributed by atoms with Crippen molar-refractivity contribution in [1.29, 1.82) is 0 Å². The summed E-state index contributed by atoms with van der Waals surface area (Å²) in [7, 11) is 0. The van der Waals surface area contributed by atoms with Crippen molar-refractivity contribution in [2.75, 3.05) is 13.1 Å². The summed E-state index contributed by atoms with van der Waals surface area (Å²) in [5, 5.41) is 6.40. The number of hydrogen-bond acceptors (Lipinski definition) is 3. The number of rotatable bonds is 6. The number of hydrogen-bond donors (Lipinski definition) is 2. The zero-order valence-corrected chi connectivity index (χ0v) is 10.6. The molecule has 0 saturated carbocycles. The quantitative estimate of drug-likeness (QED) is 0.346. The van der Waals surface area contributed by atoms with Crippen LogP contribution in [0.1, 0.15) is 22.7 Å². The second kappa shape index (κ2) is 6.64. The average molecular weight is 247 g/mol. The summed E-state index contributed by atoms with van der Waals surface area (Å²) in [5.74, 6) is -0.440. The van der Waals surface area contributed by atoms with E-state index in [2.05, 4.69) is 15.3 Å². The number of nitrogens with zero attached hydrogens (tertiary/aromatic N) is 3. The highest BCUT2D eigenvalue weighted by Crippen LogP contribution is 2.19. The Kier molecular flexibility index (Phi) is 5.17. The van der Waals surface area contributed by atoms with Crippen LogP contribution in [-0.2, 0) is 4.79 Å². The van der Waals surface area contributed by atoms with E-state index in [1.165, 1.54) is 0 Å². The third-order valence-electron chi connectivity index (χ3n) is 2.65. The van der Waals surface area contributed by atoms with Crippen LogP contribution in [0, 0.1) is 13.8 Å². The number of carbonyl (C=O) groups excluding carboxylic acids is 1. The number of amides is 1. The number of nitrogens with one attached hydrogen (secondary N) is 1. The van der Waals surface area contributed by atoms with Gasteiger partial charge in [0, 0.05) is 18.0 Å². The second-order valence-corrected chi connectivity index (χ2v) is 4.10. The largest absolute Gasteiger partial charge is 0.368 e. The first-order valence-electron chi connectivity index (χ1n) is 5.67. The summed E-state index contributed by atoms with van der Waals surface area (Å²) in [6.45, 7) is 4.58. The van der Waals surface area contributed by atoms with Crippen molar-refractivity contribution >= 4 is 5.91 Å². The average Bonchev–Trinajstić information content (AvgIpc) is 2.32. The molecule has 6 nitrogen and oxygen atoms in total. The van der Waals surface area contributed by atoms with Gasteiger partial charge in [-0.1, -0.05) is 28.9 Å². The molecule has 0 spiro atoms. The number of nitrogens with two attached hydrogens (primary N) is 1. The standard InChI is InChI=1S/C12H17N5O/c1-8-3-4-9(2)10(7-8)11(12(13)18)15-5-6-16-17-14/h3-4,7,11,15H,5-6H2,1-2H3,(H2,13,18). The van der Waals surface area contributed by atoms with Crippen molar-refractivity contribution in [2.24, 2.45) is 10.8 Å². The van der Waals surface area contributed by atoms with E-state index in [1.807, 2.05) is 32.0 Å². The lowest BCUT2D eigenvalue weighted by atomic mass is 9.98. The molecule has 0 aliphatic heterocycles. The fourth-order valence-electron chi connectivity index (χ4n) is 1.74. The van der Waals surface area contributed by atoms with Gasteiger partial charge in [-0.3, -0.25) is 4.79 Å². The Balaban J connectivity index is 2.87. The van der Waals surface area contributed by atoms with Crippen molar-refractivity contribution in [1.82, 2.24) is 5.32 Å². The minimum absolute atomic E-state index is 0.283. The summed E-state index contributed by atoms with van der Waals surface area (Å²) in [6, 6.07) is 5.32. The van der Waals surface area contributed by atoms with Crippen molar-refractivity contribution in [3.05, 3.63) is 45.3 Å². The van der Waals surface area contributed by atoms with Gasteiger partial charge in [-0.15, -0.1) is 0 Å². The Morgan fingerprint density at radius 1 is 1.56 bits per heavy atom. The lowest BCUT2D eigenvalue weighted by Crippen LogP contribution is -2.35. The molecule has 1 rings (SSSR count). The molecule has 0 aromatic heterocycles. The molecule has 1 unspecified atom stereocenters. The molecule has 0 fully saturated rings. The minimum atomic E-state index is -0.557. The Bertz CT molecular complexity index is 479. The second-order valence-electron chi connectivity index (χ2n) is 4.10. The third-order valence-corrected chi connectivity index (χ3v) is 2.65. The number of azide groups is 1. The van der Waals surface area contributed by atoms with Gasteiger partial charge in [0.2, 0.25) is 5.91 Å². The first-order chi connectivity index (χ1) is 8.56. The van der Waals surface area contributed by atoms with Gasteiger partial charge in [0.05, 0.1) is 0 Å². The monoisotopic (exact) mass is 247 g/mol. The van der Waals surface area contributed by atoms with Crippen molar-refractivity contribution < 1.29 is 4.79 Å². The lowest BCUT2D eigenvalue weighted by Gasteiger charge is -2.18. The summed E-state index contributed by atoms with van der Waals surface area (Å²) >= 11 is 0. The summed E-state index contributed by atoms with van der Waals surface area (Å²) in [5.41, 5.74) is 16.5. The Morgan fingerprint density at radius 2 is 2.28 bits per heavy atom. The molecule has 96 valence electrons. The van der Waals surface area contributed by atoms with Crippen LogP contribution in [0.2, 0.25) is 0 Å². The maximum absolute atomic E-state index is 11.5. The van der Waals surface area contributed by atoms with Crippen LogP contribution in [-0.4, -0.2) is 19.0 Å². The molecular formula is C12H17N5O. The minimum Gasteiger partial charge on any atom is -0.368 e. The number of primary amides is 1. The molecule has 1 atom stereocenters. The van der Waals surface area contributed by atoms with Crippen LogP contribution >= 0.6 is 0 Å². The topological polar surface area (TPSA) is 104 Å². The van der Waals surface area contributed by atoms with Gasteiger partial charge < -0.3 is 11.1 Å². The number of carbonyl (C=O) groups is 1. The molecule has 0 heterocycles. The van der Waals surface area contributed by atoms with Crippen LogP contribution in [0.15, 0.2) is 23.3 Å². The molecule has 0 bridgehead atoms. The van der Waals surface area contributed by atoms with E-state index in [9.17, 15) is 4.79 Å². The SMILES string of the molecule is Cc1ccc(C)c(C(NCCN=[N+]=[N-])C(N)=O)c1. The van der Waals surface area contributed by atoms with Crippen LogP contribution in [0.3, 0.4) is 0 Å². The molecule has 18 heavy (non-hydrogen) atoms. The fourth-order valence-corrected chi connectivity index (χ4v) is 1.74. The van der Waals surface area contributed by atoms with Gasteiger partial charge in [-0.2, -0.15) is 0 Å². The van der Waals surface area contributed by atoms with Crippen LogP contribution in [0.4, 0.5) is 0 Å². The zero-order chi connectivity index (χ0) is 13.5. The maximum Gasteiger partial charge on any atom is 0.239 e. The number of aryl methyl sites for hydroxylation is 2. The molecule has 0 aliphatic carbocycles. The highest BCUT2D eigenvalue weighted by Gasteiger charge is 2.18. The van der Waals surface area contributed by atoms with Gasteiger partial charge >= 0.3 is 0 Å². The Labute approximate surface area is 106 Å². The zero-order valence-electron chi connectivity index (χ0n) is 10.6. The molecule has 3 N–H and O–H groups in total. The van der Waals surface area contributed by atoms with Gasteiger partial charge in [0.15, 0.2) is 0 Å². The summed E-state index contributed by atoms with van der Waals surface area (Å²) in [6.07, 6.45) is 0. The van der Waals surface area contributed by atoms with Crippen molar-refractivity contribution in [3.8, 4) is 0 Å². The normalized spacial score (nSPS) is 11.7. The fraction of sp³-hybridized carbons (Fsp3) is 0.417. The molecule has 0 saturated heterocycles. The van der Waals surface area contributed by atoms with E-state index in [-0.39, 0.29) is 6.54 Å². The van der Waals surface area contributed by atoms with E-state index in [4.69, 9.17) is 11.3 Å². The van der Waals surface area contributed by atoms with E-state index >= 15 is 0 Å². The molecule has 0 radical (unpaired) electrons. The molecular weight excluding hydrogens is 230 g/mol. The van der Waals surface area contributed by atoms with Gasteiger partial charge in [0.25, 0.3) is 0 Å². The Hall–Kier alpha value is -2.04. The van der Waals surface area contributed by atoms with Gasteiger partial charge in [-0.05, 0) is 30.5 Å². The predicted octanol–water partition coefficient (Wildman–Crippen LogP) is 1.73. The molecule has 0 aliphatic rings. The summed E-state index contributed by atoms with van der Waals surface area (Å²) in [4.78, 5) is 14.1. The van der Waals surface area contributed by atoms with Crippen LogP contribution in [0.5, 0.6) is 0 Å². The maximum atomic E-state index is 11.5. The van der Waals surface area contributed by atoms with Crippen LogP contribution < -0.4 is 11.1 Å². The Morgan fingerprint density at radius 3 is 2.89 bits per heavy atom. The summed E-state index contributed by atoms with van der Waals surface area (Å²) < 4.78 is 0. The molecule has 1 amide bonds. The lowest BCUT2D eigenvalue weighted by molar-refractivity contribution is -0.120. The van der Waals surface area contributed by atoms with Crippen LogP contribution in [0.25, 0.3) is 10.4 Å². The third kappa shape index (κ3) is 3.76. The first-order valence-corrected chi connectivity index (χ1v) is 5.67. The molecule has 6 heteroatoms. The smallest absolute Gasteiger partial charge is 0.239 e. The van der Waals surface area contributed by atoms with Crippen molar-refractivity contribution in [2.45, 2.75) is 19.9 Å². The van der Waals surface area contributed by atoms with Crippen molar-refractivity contribution in [3.63, 3.8) is 0 Å². The number of benzene rings is 1. The highest BCUT2D eigenvalue weighted by atomic mass is 16.1. The van der Waals surface area contributed by atoms with E-state index < -0.39 is 11.9 Å². The van der Waals surface area contributed by atoms with E-state index in [0.717, 1.165) is 16.7 Å². The molecule has 1 aromatic rings. The van der Waals surface area contributed by atoms with E-state index in [0.29, 0.717) is 6.54 Å². The predicted molar refractivity (Wildman–Crippen MR) is 69.9 cm³/mol. The molecule has 1 aromatic carbocycles. The first kappa shape index (κ1) is 14.0.